The van der Waals surface area contributed by atoms with Crippen molar-refractivity contribution < 1.29 is 13.2 Å². The molecule has 0 aliphatic heterocycles. The Morgan fingerprint density at radius 1 is 0.810 bits per heavy atom. The third-order valence-electron chi connectivity index (χ3n) is 3.26. The summed E-state index contributed by atoms with van der Waals surface area (Å²) in [5.74, 6) is 0.435. The van der Waals surface area contributed by atoms with Crippen LogP contribution in [0.5, 0.6) is 0 Å². The van der Waals surface area contributed by atoms with Crippen molar-refractivity contribution in [3.63, 3.8) is 0 Å². The molecule has 0 fully saturated rings. The molecule has 3 rings (SSSR count). The van der Waals surface area contributed by atoms with Crippen molar-refractivity contribution in [2.75, 3.05) is 5.73 Å². The van der Waals surface area contributed by atoms with Gasteiger partial charge in [-0.05, 0) is 47.5 Å². The Kier molecular flexibility index (Phi) is 3.05. The van der Waals surface area contributed by atoms with Gasteiger partial charge in [0.2, 0.25) is 0 Å². The molecule has 0 spiro atoms. The summed E-state index contributed by atoms with van der Waals surface area (Å²) in [6, 6.07) is 14.1. The molecule has 0 aliphatic rings. The molecule has 0 bridgehead atoms. The molecule has 0 amide bonds. The highest BCUT2D eigenvalue weighted by Gasteiger charge is 2.29. The zero-order chi connectivity index (χ0) is 15.0. The fraction of sp³-hybridized carbons (Fsp3) is 0.0625. The summed E-state index contributed by atoms with van der Waals surface area (Å²) < 4.78 is 37.6. The molecule has 0 saturated heterocycles. The quantitative estimate of drug-likeness (QED) is 0.716. The molecule has 0 radical (unpaired) electrons. The Balaban J connectivity index is 2.02. The fourth-order valence-electron chi connectivity index (χ4n) is 2.17. The number of hydrogen-bond donors (Lipinski definition) is 1. The number of anilines is 1. The lowest BCUT2D eigenvalue weighted by atomic mass is 10.0. The van der Waals surface area contributed by atoms with E-state index in [1.54, 1.807) is 12.1 Å². The van der Waals surface area contributed by atoms with Gasteiger partial charge in [-0.3, -0.25) is 0 Å². The number of alkyl halides is 3. The van der Waals surface area contributed by atoms with Gasteiger partial charge in [-0.15, -0.1) is 0 Å². The van der Waals surface area contributed by atoms with Gasteiger partial charge in [0.1, 0.15) is 5.82 Å². The lowest BCUT2D eigenvalue weighted by Gasteiger charge is -2.08. The summed E-state index contributed by atoms with van der Waals surface area (Å²) in [7, 11) is 0. The van der Waals surface area contributed by atoms with Gasteiger partial charge in [-0.25, -0.2) is 4.98 Å². The monoisotopic (exact) mass is 288 g/mol. The molecule has 0 unspecified atom stereocenters. The Morgan fingerprint density at radius 2 is 1.48 bits per heavy atom. The van der Waals surface area contributed by atoms with Crippen molar-refractivity contribution in [1.82, 2.24) is 4.98 Å². The van der Waals surface area contributed by atoms with E-state index in [1.165, 1.54) is 12.1 Å². The van der Waals surface area contributed by atoms with Gasteiger partial charge in [0.15, 0.2) is 0 Å². The highest BCUT2D eigenvalue weighted by molar-refractivity contribution is 5.85. The van der Waals surface area contributed by atoms with Crippen molar-refractivity contribution in [3.8, 4) is 11.1 Å². The minimum absolute atomic E-state index is 0.435. The van der Waals surface area contributed by atoms with E-state index in [4.69, 9.17) is 5.73 Å². The second kappa shape index (κ2) is 4.77. The smallest absolute Gasteiger partial charge is 0.384 e. The van der Waals surface area contributed by atoms with Crippen LogP contribution in [-0.4, -0.2) is 4.98 Å². The average Bonchev–Trinajstić information content (AvgIpc) is 2.46. The van der Waals surface area contributed by atoms with Crippen molar-refractivity contribution in [2.45, 2.75) is 6.18 Å². The van der Waals surface area contributed by atoms with Crippen molar-refractivity contribution >= 4 is 16.7 Å². The van der Waals surface area contributed by atoms with Crippen LogP contribution in [0.2, 0.25) is 0 Å². The van der Waals surface area contributed by atoms with Gasteiger partial charge < -0.3 is 5.73 Å². The minimum Gasteiger partial charge on any atom is -0.384 e. The third kappa shape index (κ3) is 2.67. The van der Waals surface area contributed by atoms with E-state index in [2.05, 4.69) is 4.98 Å². The molecule has 2 nitrogen and oxygen atoms in total. The fourth-order valence-corrected chi connectivity index (χ4v) is 2.17. The van der Waals surface area contributed by atoms with Gasteiger partial charge in [0.25, 0.3) is 0 Å². The van der Waals surface area contributed by atoms with Crippen LogP contribution in [0.1, 0.15) is 5.56 Å². The van der Waals surface area contributed by atoms with Crippen LogP contribution < -0.4 is 5.73 Å². The largest absolute Gasteiger partial charge is 0.416 e. The zero-order valence-corrected chi connectivity index (χ0v) is 10.9. The first kappa shape index (κ1) is 13.4. The highest BCUT2D eigenvalue weighted by Crippen LogP contribution is 2.31. The lowest BCUT2D eigenvalue weighted by molar-refractivity contribution is -0.137. The summed E-state index contributed by atoms with van der Waals surface area (Å²) in [5, 5.41) is 0.890. The van der Waals surface area contributed by atoms with Crippen LogP contribution in [-0.2, 0) is 6.18 Å². The zero-order valence-electron chi connectivity index (χ0n) is 10.9. The summed E-state index contributed by atoms with van der Waals surface area (Å²) in [6.45, 7) is 0. The topological polar surface area (TPSA) is 38.9 Å². The lowest BCUT2D eigenvalue weighted by Crippen LogP contribution is -2.03. The Morgan fingerprint density at radius 3 is 2.14 bits per heavy atom. The molecule has 5 heteroatoms. The van der Waals surface area contributed by atoms with Crippen LogP contribution in [0.15, 0.2) is 54.6 Å². The van der Waals surface area contributed by atoms with Crippen LogP contribution in [0.3, 0.4) is 0 Å². The molecule has 0 atom stereocenters. The standard InChI is InChI=1S/C16H11F3N2/c17-16(18,19)13-5-1-10(2-6-13)11-3-7-14-12(9-11)4-8-15(20)21-14/h1-9H,(H2,20,21). The molecule has 0 saturated carbocycles. The number of benzene rings is 2. The molecule has 2 N–H and O–H groups in total. The molecule has 1 aromatic heterocycles. The molecular formula is C16H11F3N2. The van der Waals surface area contributed by atoms with Gasteiger partial charge in [0.05, 0.1) is 11.1 Å². The number of pyridine rings is 1. The first-order valence-corrected chi connectivity index (χ1v) is 6.27. The van der Waals surface area contributed by atoms with E-state index < -0.39 is 11.7 Å². The second-order valence-corrected chi connectivity index (χ2v) is 4.72. The molecule has 106 valence electrons. The van der Waals surface area contributed by atoms with E-state index in [1.807, 2.05) is 18.2 Å². The Labute approximate surface area is 119 Å². The third-order valence-corrected chi connectivity index (χ3v) is 3.26. The molecule has 2 aromatic carbocycles. The number of fused-ring (bicyclic) bond motifs is 1. The van der Waals surface area contributed by atoms with Crippen molar-refractivity contribution in [3.05, 3.63) is 60.2 Å². The van der Waals surface area contributed by atoms with E-state index in [0.717, 1.165) is 34.2 Å². The molecule has 1 heterocycles. The average molecular weight is 288 g/mol. The first-order chi connectivity index (χ1) is 9.93. The number of rotatable bonds is 1. The number of nitrogen functional groups attached to an aromatic ring is 1. The first-order valence-electron chi connectivity index (χ1n) is 6.27. The van der Waals surface area contributed by atoms with E-state index in [0.29, 0.717) is 5.82 Å². The maximum absolute atomic E-state index is 12.5. The van der Waals surface area contributed by atoms with Gasteiger partial charge in [-0.1, -0.05) is 18.2 Å². The molecule has 3 aromatic rings. The summed E-state index contributed by atoms with van der Waals surface area (Å²) in [5.41, 5.74) is 7.28. The number of hydrogen-bond acceptors (Lipinski definition) is 2. The molecule has 0 aliphatic carbocycles. The van der Waals surface area contributed by atoms with Gasteiger partial charge >= 0.3 is 6.18 Å². The molecule has 21 heavy (non-hydrogen) atoms. The summed E-state index contributed by atoms with van der Waals surface area (Å²) in [4.78, 5) is 4.19. The summed E-state index contributed by atoms with van der Waals surface area (Å²) >= 11 is 0. The number of halogens is 3. The van der Waals surface area contributed by atoms with Crippen LogP contribution in [0.4, 0.5) is 19.0 Å². The van der Waals surface area contributed by atoms with Crippen LogP contribution >= 0.6 is 0 Å². The highest BCUT2D eigenvalue weighted by atomic mass is 19.4. The number of aromatic nitrogens is 1. The van der Waals surface area contributed by atoms with E-state index in [9.17, 15) is 13.2 Å². The van der Waals surface area contributed by atoms with Crippen molar-refractivity contribution in [1.29, 1.82) is 0 Å². The molecular weight excluding hydrogens is 277 g/mol. The van der Waals surface area contributed by atoms with Crippen LogP contribution in [0.25, 0.3) is 22.0 Å². The summed E-state index contributed by atoms with van der Waals surface area (Å²) in [6.07, 6.45) is -4.32. The van der Waals surface area contributed by atoms with Gasteiger partial charge in [-0.2, -0.15) is 13.2 Å². The second-order valence-electron chi connectivity index (χ2n) is 4.72. The minimum atomic E-state index is -4.32. The Hall–Kier alpha value is -2.56. The number of nitrogens with two attached hydrogens (primary N) is 1. The van der Waals surface area contributed by atoms with Crippen molar-refractivity contribution in [2.24, 2.45) is 0 Å². The normalized spacial score (nSPS) is 11.8. The number of nitrogens with zero attached hydrogens (tertiary/aromatic N) is 1. The SMILES string of the molecule is Nc1ccc2cc(-c3ccc(C(F)(F)F)cc3)ccc2n1. The maximum atomic E-state index is 12.5. The van der Waals surface area contributed by atoms with E-state index >= 15 is 0 Å². The predicted molar refractivity (Wildman–Crippen MR) is 76.6 cm³/mol. The van der Waals surface area contributed by atoms with E-state index in [-0.39, 0.29) is 0 Å². The Bertz CT molecular complexity index is 793. The maximum Gasteiger partial charge on any atom is 0.416 e. The van der Waals surface area contributed by atoms with Gasteiger partial charge in [0, 0.05) is 5.39 Å². The van der Waals surface area contributed by atoms with Crippen LogP contribution in [0, 0.1) is 0 Å². The predicted octanol–water partition coefficient (Wildman–Crippen LogP) is 4.50.